The molecule has 2 aliphatic heterocycles. The number of aryl methyl sites for hydroxylation is 1. The molecule has 0 unspecified atom stereocenters. The van der Waals surface area contributed by atoms with Gasteiger partial charge >= 0.3 is 0 Å². The number of hydrogen-bond donors (Lipinski definition) is 0. The zero-order valence-electron chi connectivity index (χ0n) is 16.4. The molecule has 9 nitrogen and oxygen atoms in total. The lowest BCUT2D eigenvalue weighted by Gasteiger charge is -2.21. The number of carbonyl (C=O) groups is 2. The number of carbonyl (C=O) groups excluding carboxylic acids is 2. The molecule has 4 aromatic rings. The fraction of sp³-hybridized carbons (Fsp3) is 0.136. The van der Waals surface area contributed by atoms with Gasteiger partial charge in [0.1, 0.15) is 13.2 Å². The summed E-state index contributed by atoms with van der Waals surface area (Å²) in [5.74, 6) is 0.809. The van der Waals surface area contributed by atoms with Crippen molar-refractivity contribution in [3.63, 3.8) is 0 Å². The van der Waals surface area contributed by atoms with E-state index in [1.165, 1.54) is 6.20 Å². The second-order valence-electron chi connectivity index (χ2n) is 7.20. The summed E-state index contributed by atoms with van der Waals surface area (Å²) in [5, 5.41) is 5.07. The molecule has 152 valence electrons. The average molecular weight is 413 g/mol. The van der Waals surface area contributed by atoms with Crippen LogP contribution in [0.2, 0.25) is 0 Å². The van der Waals surface area contributed by atoms with Crippen molar-refractivity contribution in [3.8, 4) is 17.3 Å². The Bertz CT molecular complexity index is 1400. The molecular formula is C22H15N5O4. The number of hydrogen-bond acceptors (Lipinski definition) is 7. The van der Waals surface area contributed by atoms with Crippen LogP contribution in [-0.2, 0) is 0 Å². The minimum absolute atomic E-state index is 0.246. The molecule has 3 aromatic heterocycles. The van der Waals surface area contributed by atoms with Gasteiger partial charge in [-0.15, -0.1) is 0 Å². The monoisotopic (exact) mass is 413 g/mol. The van der Waals surface area contributed by atoms with Crippen molar-refractivity contribution in [2.24, 2.45) is 0 Å². The lowest BCUT2D eigenvalue weighted by atomic mass is 10.1. The van der Waals surface area contributed by atoms with Crippen molar-refractivity contribution in [1.29, 1.82) is 0 Å². The Labute approximate surface area is 175 Å². The first-order valence-corrected chi connectivity index (χ1v) is 9.71. The maximum Gasteiger partial charge on any atom is 0.267 e. The fourth-order valence-electron chi connectivity index (χ4n) is 4.01. The second-order valence-corrected chi connectivity index (χ2v) is 7.20. The van der Waals surface area contributed by atoms with Crippen molar-refractivity contribution < 1.29 is 19.1 Å². The number of aromatic nitrogens is 4. The minimum Gasteiger partial charge on any atom is -0.486 e. The molecule has 0 spiro atoms. The number of anilines is 1. The zero-order chi connectivity index (χ0) is 21.1. The summed E-state index contributed by atoms with van der Waals surface area (Å²) in [6.45, 7) is 2.66. The average Bonchev–Trinajstić information content (AvgIpc) is 3.28. The van der Waals surface area contributed by atoms with Gasteiger partial charge in [0.2, 0.25) is 0 Å². The molecule has 1 aromatic carbocycles. The number of ether oxygens (including phenoxy) is 2. The maximum atomic E-state index is 13.4. The van der Waals surface area contributed by atoms with Crippen molar-refractivity contribution in [2.45, 2.75) is 6.92 Å². The first-order valence-electron chi connectivity index (χ1n) is 9.71. The largest absolute Gasteiger partial charge is 0.486 e. The van der Waals surface area contributed by atoms with Crippen LogP contribution in [-0.4, -0.2) is 44.8 Å². The van der Waals surface area contributed by atoms with Crippen LogP contribution in [0.25, 0.3) is 16.9 Å². The van der Waals surface area contributed by atoms with Crippen LogP contribution in [0.5, 0.6) is 11.5 Å². The van der Waals surface area contributed by atoms with E-state index in [0.29, 0.717) is 58.5 Å². The van der Waals surface area contributed by atoms with Gasteiger partial charge in [-0.2, -0.15) is 9.78 Å². The highest BCUT2D eigenvalue weighted by Crippen LogP contribution is 2.38. The quantitative estimate of drug-likeness (QED) is 0.466. The van der Waals surface area contributed by atoms with Crippen LogP contribution in [0.15, 0.2) is 48.8 Å². The normalized spacial score (nSPS) is 14.9. The van der Waals surface area contributed by atoms with Crippen LogP contribution >= 0.6 is 0 Å². The van der Waals surface area contributed by atoms with E-state index in [4.69, 9.17) is 9.47 Å². The number of pyridine rings is 2. The molecule has 0 aliphatic carbocycles. The van der Waals surface area contributed by atoms with Crippen molar-refractivity contribution in [3.05, 3.63) is 65.6 Å². The molecule has 6 rings (SSSR count). The van der Waals surface area contributed by atoms with Crippen LogP contribution in [0.1, 0.15) is 26.4 Å². The molecular weight excluding hydrogens is 398 g/mol. The summed E-state index contributed by atoms with van der Waals surface area (Å²) < 4.78 is 12.7. The number of nitrogens with zero attached hydrogens (tertiary/aromatic N) is 5. The molecule has 9 heteroatoms. The summed E-state index contributed by atoms with van der Waals surface area (Å²) in [4.78, 5) is 36.5. The second kappa shape index (κ2) is 6.36. The van der Waals surface area contributed by atoms with E-state index in [1.807, 2.05) is 6.07 Å². The predicted octanol–water partition coefficient (Wildman–Crippen LogP) is 2.70. The smallest absolute Gasteiger partial charge is 0.267 e. The topological polar surface area (TPSA) is 99.4 Å². The van der Waals surface area contributed by atoms with E-state index >= 15 is 0 Å². The third-order valence-electron chi connectivity index (χ3n) is 5.37. The van der Waals surface area contributed by atoms with Crippen LogP contribution in [0.3, 0.4) is 0 Å². The van der Waals surface area contributed by atoms with E-state index in [-0.39, 0.29) is 5.56 Å². The number of fused-ring (bicyclic) bond motifs is 4. The van der Waals surface area contributed by atoms with Gasteiger partial charge in [0, 0.05) is 18.5 Å². The summed E-state index contributed by atoms with van der Waals surface area (Å²) in [7, 11) is 0. The lowest BCUT2D eigenvalue weighted by Crippen LogP contribution is -2.29. The van der Waals surface area contributed by atoms with Crippen LogP contribution in [0, 0.1) is 6.92 Å². The molecule has 0 fully saturated rings. The summed E-state index contributed by atoms with van der Waals surface area (Å²) in [5.41, 5.74) is 2.02. The molecule has 0 saturated carbocycles. The van der Waals surface area contributed by atoms with Gasteiger partial charge in [-0.25, -0.2) is 14.9 Å². The highest BCUT2D eigenvalue weighted by Gasteiger charge is 2.40. The van der Waals surface area contributed by atoms with Crippen molar-refractivity contribution >= 4 is 28.5 Å². The van der Waals surface area contributed by atoms with Crippen molar-refractivity contribution in [2.75, 3.05) is 18.1 Å². The van der Waals surface area contributed by atoms with Gasteiger partial charge in [-0.05, 0) is 31.2 Å². The first-order chi connectivity index (χ1) is 15.1. The van der Waals surface area contributed by atoms with E-state index in [2.05, 4.69) is 15.1 Å². The summed E-state index contributed by atoms with van der Waals surface area (Å²) in [6, 6.07) is 10.5. The third kappa shape index (κ3) is 2.46. The Hall–Kier alpha value is -4.27. The number of rotatable bonds is 2. The van der Waals surface area contributed by atoms with E-state index in [1.54, 1.807) is 48.1 Å². The third-order valence-corrected chi connectivity index (χ3v) is 5.37. The highest BCUT2D eigenvalue weighted by atomic mass is 16.6. The fourth-order valence-corrected chi connectivity index (χ4v) is 4.01. The van der Waals surface area contributed by atoms with Crippen LogP contribution in [0.4, 0.5) is 5.69 Å². The van der Waals surface area contributed by atoms with Crippen molar-refractivity contribution in [1.82, 2.24) is 19.7 Å². The van der Waals surface area contributed by atoms with Gasteiger partial charge < -0.3 is 9.47 Å². The number of benzene rings is 1. The van der Waals surface area contributed by atoms with E-state index in [0.717, 1.165) is 4.90 Å². The molecule has 2 aliphatic rings. The Kier molecular flexibility index (Phi) is 3.61. The first kappa shape index (κ1) is 17.6. The Morgan fingerprint density at radius 1 is 0.968 bits per heavy atom. The Balaban J connectivity index is 1.50. The number of imide groups is 1. The van der Waals surface area contributed by atoms with Gasteiger partial charge in [0.25, 0.3) is 11.8 Å². The number of amides is 2. The molecule has 0 atom stereocenters. The lowest BCUT2D eigenvalue weighted by molar-refractivity contribution is 0.0926. The molecule has 0 bridgehead atoms. The highest BCUT2D eigenvalue weighted by molar-refractivity contribution is 6.37. The molecule has 0 N–H and O–H groups in total. The van der Waals surface area contributed by atoms with E-state index < -0.39 is 11.8 Å². The molecule has 31 heavy (non-hydrogen) atoms. The molecule has 0 radical (unpaired) electrons. The molecule has 0 saturated heterocycles. The SMILES string of the molecule is Cc1nn(-c2ccccn2)c2ncc3c(c12)C(=O)N(c1ccc2c(c1)OCCO2)C3=O. The molecule has 5 heterocycles. The zero-order valence-corrected chi connectivity index (χ0v) is 16.4. The predicted molar refractivity (Wildman–Crippen MR) is 110 cm³/mol. The Morgan fingerprint density at radius 2 is 1.81 bits per heavy atom. The summed E-state index contributed by atoms with van der Waals surface area (Å²) in [6.07, 6.45) is 3.08. The summed E-state index contributed by atoms with van der Waals surface area (Å²) >= 11 is 0. The minimum atomic E-state index is -0.434. The Morgan fingerprint density at radius 3 is 2.61 bits per heavy atom. The van der Waals surface area contributed by atoms with Crippen LogP contribution < -0.4 is 14.4 Å². The van der Waals surface area contributed by atoms with Gasteiger partial charge in [-0.1, -0.05) is 6.07 Å². The van der Waals surface area contributed by atoms with Gasteiger partial charge in [-0.3, -0.25) is 9.59 Å². The van der Waals surface area contributed by atoms with Gasteiger partial charge in [0.15, 0.2) is 23.0 Å². The van der Waals surface area contributed by atoms with Gasteiger partial charge in [0.05, 0.1) is 27.9 Å². The standard InChI is InChI=1S/C22H15N5O4/c1-12-18-19-14(11-24-20(18)27(25-12)17-4-2-3-7-23-17)21(28)26(22(19)29)13-5-6-15-16(10-13)31-9-8-30-15/h2-7,10-11H,8-9H2,1H3. The van der Waals surface area contributed by atoms with E-state index in [9.17, 15) is 9.59 Å². The molecule has 2 amide bonds. The maximum absolute atomic E-state index is 13.4.